The van der Waals surface area contributed by atoms with Gasteiger partial charge in [-0.15, -0.1) is 0 Å². The zero-order chi connectivity index (χ0) is 17.6. The number of hydrogen-bond acceptors (Lipinski definition) is 6. The van der Waals surface area contributed by atoms with E-state index in [1.807, 2.05) is 25.1 Å². The molecule has 0 N–H and O–H groups in total. The van der Waals surface area contributed by atoms with Crippen molar-refractivity contribution < 1.29 is 28.4 Å². The molecule has 2 heterocycles. The Hall–Kier alpha value is -2.60. The van der Waals surface area contributed by atoms with Crippen LogP contribution in [0.3, 0.4) is 0 Å². The van der Waals surface area contributed by atoms with Gasteiger partial charge in [0.05, 0.1) is 34.0 Å². The zero-order valence-electron chi connectivity index (χ0n) is 14.7. The lowest BCUT2D eigenvalue weighted by Gasteiger charge is -2.19. The maximum atomic E-state index is 6.04. The molecule has 25 heavy (non-hydrogen) atoms. The highest BCUT2D eigenvalue weighted by molar-refractivity contribution is 5.83. The molecule has 0 saturated carbocycles. The molecular formula is C19H20O6. The van der Waals surface area contributed by atoms with Crippen molar-refractivity contribution in [1.29, 1.82) is 0 Å². The Morgan fingerprint density at radius 3 is 2.32 bits per heavy atom. The molecule has 0 fully saturated rings. The van der Waals surface area contributed by atoms with Crippen LogP contribution in [0.15, 0.2) is 18.2 Å². The van der Waals surface area contributed by atoms with Crippen LogP contribution in [0.1, 0.15) is 24.2 Å². The van der Waals surface area contributed by atoms with Crippen LogP contribution in [0.2, 0.25) is 0 Å². The highest BCUT2D eigenvalue weighted by atomic mass is 16.7. The average molecular weight is 344 g/mol. The summed E-state index contributed by atoms with van der Waals surface area (Å²) in [6.45, 7) is 2.69. The van der Waals surface area contributed by atoms with E-state index < -0.39 is 0 Å². The number of hydrogen-bond donors (Lipinski definition) is 0. The van der Waals surface area contributed by atoms with Gasteiger partial charge in [0.1, 0.15) is 0 Å². The summed E-state index contributed by atoms with van der Waals surface area (Å²) in [6, 6.07) is 5.90. The van der Waals surface area contributed by atoms with Crippen molar-refractivity contribution in [3.63, 3.8) is 0 Å². The Bertz CT molecular complexity index is 829. The van der Waals surface area contributed by atoms with Crippen molar-refractivity contribution in [3.8, 4) is 39.9 Å². The third-order valence-electron chi connectivity index (χ3n) is 4.65. The Kier molecular flexibility index (Phi) is 3.84. The normalized spacial score (nSPS) is 17.4. The van der Waals surface area contributed by atoms with Crippen LogP contribution in [0.25, 0.3) is 11.1 Å². The second-order valence-corrected chi connectivity index (χ2v) is 5.93. The van der Waals surface area contributed by atoms with Crippen molar-refractivity contribution in [2.24, 2.45) is 0 Å². The van der Waals surface area contributed by atoms with E-state index in [1.54, 1.807) is 21.3 Å². The zero-order valence-corrected chi connectivity index (χ0v) is 14.7. The summed E-state index contributed by atoms with van der Waals surface area (Å²) < 4.78 is 33.9. The predicted octanol–water partition coefficient (Wildman–Crippen LogP) is 3.70. The van der Waals surface area contributed by atoms with Gasteiger partial charge in [-0.1, -0.05) is 0 Å². The summed E-state index contributed by atoms with van der Waals surface area (Å²) in [5.74, 6) is 3.24. The first-order valence-corrected chi connectivity index (χ1v) is 8.05. The van der Waals surface area contributed by atoms with Crippen molar-refractivity contribution in [2.75, 3.05) is 28.1 Å². The highest BCUT2D eigenvalue weighted by Gasteiger charge is 2.30. The summed E-state index contributed by atoms with van der Waals surface area (Å²) in [5.41, 5.74) is 3.91. The number of benzene rings is 2. The van der Waals surface area contributed by atoms with Gasteiger partial charge in [0.2, 0.25) is 12.5 Å². The molecule has 6 heteroatoms. The first kappa shape index (κ1) is 15.9. The second-order valence-electron chi connectivity index (χ2n) is 5.93. The molecule has 4 rings (SSSR count). The lowest BCUT2D eigenvalue weighted by Crippen LogP contribution is -2.01. The van der Waals surface area contributed by atoms with E-state index in [1.165, 1.54) is 0 Å². The van der Waals surface area contributed by atoms with Gasteiger partial charge < -0.3 is 28.4 Å². The summed E-state index contributed by atoms with van der Waals surface area (Å²) in [4.78, 5) is 0. The van der Waals surface area contributed by atoms with Gasteiger partial charge in [-0.3, -0.25) is 0 Å². The van der Waals surface area contributed by atoms with Gasteiger partial charge in [0, 0.05) is 5.56 Å². The van der Waals surface area contributed by atoms with Gasteiger partial charge in [-0.25, -0.2) is 0 Å². The molecule has 0 amide bonds. The second kappa shape index (κ2) is 6.04. The molecule has 2 aliphatic rings. The summed E-state index contributed by atoms with van der Waals surface area (Å²) in [5, 5.41) is 0. The van der Waals surface area contributed by atoms with Crippen LogP contribution in [-0.4, -0.2) is 28.1 Å². The predicted molar refractivity (Wildman–Crippen MR) is 90.9 cm³/mol. The lowest BCUT2D eigenvalue weighted by atomic mass is 9.92. The molecule has 0 bridgehead atoms. The maximum Gasteiger partial charge on any atom is 0.231 e. The molecule has 0 unspecified atom stereocenters. The molecule has 1 atom stereocenters. The van der Waals surface area contributed by atoms with Crippen LogP contribution in [0.5, 0.6) is 28.7 Å². The van der Waals surface area contributed by atoms with Gasteiger partial charge >= 0.3 is 0 Å². The van der Waals surface area contributed by atoms with Crippen LogP contribution < -0.4 is 23.7 Å². The fourth-order valence-electron chi connectivity index (χ4n) is 3.43. The molecule has 0 aliphatic carbocycles. The lowest BCUT2D eigenvalue weighted by molar-refractivity contribution is 0.0548. The first-order valence-electron chi connectivity index (χ1n) is 8.05. The topological polar surface area (TPSA) is 55.4 Å². The molecule has 2 aliphatic heterocycles. The van der Waals surface area contributed by atoms with Crippen molar-refractivity contribution in [2.45, 2.75) is 19.6 Å². The Labute approximate surface area is 146 Å². The summed E-state index contributed by atoms with van der Waals surface area (Å²) in [7, 11) is 4.83. The van der Waals surface area contributed by atoms with E-state index >= 15 is 0 Å². The van der Waals surface area contributed by atoms with Gasteiger partial charge in [0.15, 0.2) is 23.0 Å². The van der Waals surface area contributed by atoms with Gasteiger partial charge in [-0.05, 0) is 41.8 Å². The molecule has 0 spiro atoms. The molecule has 0 radical (unpaired) electrons. The summed E-state index contributed by atoms with van der Waals surface area (Å²) >= 11 is 0. The standard InChI is InChI=1S/C19H20O6/c1-10-12-6-14-15(25-9-24-14)7-13(12)17-11(8-23-10)5-16(20-2)18(21-3)19(17)22-4/h5-7,10H,8-9H2,1-4H3/t10-/m0/s1. The SMILES string of the molecule is COc1cc2c(c(OC)c1OC)-c1cc3c(cc1[C@H](C)OC2)OCO3. The van der Waals surface area contributed by atoms with Gasteiger partial charge in [-0.2, -0.15) is 0 Å². The van der Waals surface area contributed by atoms with E-state index in [-0.39, 0.29) is 12.9 Å². The van der Waals surface area contributed by atoms with Crippen molar-refractivity contribution >= 4 is 0 Å². The third kappa shape index (κ3) is 2.36. The van der Waals surface area contributed by atoms with E-state index in [9.17, 15) is 0 Å². The molecule has 132 valence electrons. The Morgan fingerprint density at radius 2 is 1.64 bits per heavy atom. The minimum Gasteiger partial charge on any atom is -0.493 e. The fraction of sp³-hybridized carbons (Fsp3) is 0.368. The molecule has 2 aromatic rings. The minimum atomic E-state index is -0.0985. The number of fused-ring (bicyclic) bond motifs is 4. The first-order chi connectivity index (χ1) is 12.2. The van der Waals surface area contributed by atoms with Crippen LogP contribution >= 0.6 is 0 Å². The third-order valence-corrected chi connectivity index (χ3v) is 4.65. The van der Waals surface area contributed by atoms with Gasteiger partial charge in [0.25, 0.3) is 0 Å². The largest absolute Gasteiger partial charge is 0.493 e. The molecular weight excluding hydrogens is 324 g/mol. The van der Waals surface area contributed by atoms with E-state index in [2.05, 4.69) is 0 Å². The fourth-order valence-corrected chi connectivity index (χ4v) is 3.43. The van der Waals surface area contributed by atoms with Crippen LogP contribution in [0.4, 0.5) is 0 Å². The monoisotopic (exact) mass is 344 g/mol. The average Bonchev–Trinajstić information content (AvgIpc) is 3.05. The van der Waals surface area contributed by atoms with E-state index in [0.29, 0.717) is 23.9 Å². The molecule has 0 aromatic heterocycles. The molecule has 2 aromatic carbocycles. The molecule has 6 nitrogen and oxygen atoms in total. The number of rotatable bonds is 3. The van der Waals surface area contributed by atoms with E-state index in [0.717, 1.165) is 33.8 Å². The van der Waals surface area contributed by atoms with Crippen molar-refractivity contribution in [3.05, 3.63) is 29.3 Å². The van der Waals surface area contributed by atoms with Crippen molar-refractivity contribution in [1.82, 2.24) is 0 Å². The maximum absolute atomic E-state index is 6.04. The minimum absolute atomic E-state index is 0.0985. The molecule has 0 saturated heterocycles. The van der Waals surface area contributed by atoms with Crippen LogP contribution in [0, 0.1) is 0 Å². The summed E-state index contributed by atoms with van der Waals surface area (Å²) in [6.07, 6.45) is -0.0985. The number of ether oxygens (including phenoxy) is 6. The quantitative estimate of drug-likeness (QED) is 0.846. The van der Waals surface area contributed by atoms with E-state index in [4.69, 9.17) is 28.4 Å². The Morgan fingerprint density at radius 1 is 0.920 bits per heavy atom. The smallest absolute Gasteiger partial charge is 0.231 e. The highest BCUT2D eigenvalue weighted by Crippen LogP contribution is 2.52. The Balaban J connectivity index is 2.04. The number of methoxy groups -OCH3 is 3. The van der Waals surface area contributed by atoms with Crippen LogP contribution in [-0.2, 0) is 11.3 Å².